The van der Waals surface area contributed by atoms with Crippen LogP contribution in [0, 0.1) is 0 Å². The van der Waals surface area contributed by atoms with Crippen molar-refractivity contribution in [3.63, 3.8) is 0 Å². The van der Waals surface area contributed by atoms with Crippen molar-refractivity contribution in [1.82, 2.24) is 4.31 Å². The molecule has 0 aromatic carbocycles. The molecule has 0 bridgehead atoms. The SMILES string of the molecule is O=S(=O)(O)N1CCCCCCC1.[H-].[Na+]. The summed E-state index contributed by atoms with van der Waals surface area (Å²) < 4.78 is 31.4. The predicted molar refractivity (Wildman–Crippen MR) is 47.3 cm³/mol. The van der Waals surface area contributed by atoms with Gasteiger partial charge in [-0.1, -0.05) is 19.3 Å². The monoisotopic (exact) mass is 217 g/mol. The van der Waals surface area contributed by atoms with Crippen LogP contribution < -0.4 is 29.6 Å². The predicted octanol–water partition coefficient (Wildman–Crippen LogP) is -1.83. The first-order chi connectivity index (χ1) is 5.61. The molecule has 1 N–H and O–H groups in total. The summed E-state index contributed by atoms with van der Waals surface area (Å²) in [6.45, 7) is 0.942. The molecule has 0 aromatic heterocycles. The quantitative estimate of drug-likeness (QED) is 0.415. The molecule has 1 heterocycles. The molecule has 0 aliphatic carbocycles. The van der Waals surface area contributed by atoms with Crippen molar-refractivity contribution in [2.75, 3.05) is 13.1 Å². The zero-order chi connectivity index (χ0) is 9.03. The maximum atomic E-state index is 10.7. The summed E-state index contributed by atoms with van der Waals surface area (Å²) >= 11 is 0. The molecule has 0 aromatic rings. The van der Waals surface area contributed by atoms with E-state index in [1.165, 1.54) is 6.42 Å². The Morgan fingerprint density at radius 2 is 1.38 bits per heavy atom. The first-order valence-corrected chi connectivity index (χ1v) is 5.73. The Morgan fingerprint density at radius 1 is 1.00 bits per heavy atom. The van der Waals surface area contributed by atoms with Gasteiger partial charge in [0.2, 0.25) is 0 Å². The van der Waals surface area contributed by atoms with E-state index in [0.717, 1.165) is 30.0 Å². The van der Waals surface area contributed by atoms with Crippen molar-refractivity contribution in [2.45, 2.75) is 32.1 Å². The molecule has 0 unspecified atom stereocenters. The van der Waals surface area contributed by atoms with Gasteiger partial charge in [-0.2, -0.15) is 12.7 Å². The van der Waals surface area contributed by atoms with Crippen LogP contribution in [-0.2, 0) is 10.3 Å². The van der Waals surface area contributed by atoms with Crippen molar-refractivity contribution in [1.29, 1.82) is 0 Å². The van der Waals surface area contributed by atoms with Gasteiger partial charge in [-0.05, 0) is 12.8 Å². The molecule has 0 saturated carbocycles. The van der Waals surface area contributed by atoms with Crippen LogP contribution >= 0.6 is 0 Å². The Bertz CT molecular complexity index is 227. The Labute approximate surface area is 103 Å². The maximum Gasteiger partial charge on any atom is 1.00 e. The van der Waals surface area contributed by atoms with Crippen molar-refractivity contribution in [3.8, 4) is 0 Å². The van der Waals surface area contributed by atoms with Gasteiger partial charge in [-0.25, -0.2) is 0 Å². The molecule has 0 amide bonds. The van der Waals surface area contributed by atoms with Gasteiger partial charge in [0.25, 0.3) is 0 Å². The molecule has 0 radical (unpaired) electrons. The average Bonchev–Trinajstić information content (AvgIpc) is 1.81. The van der Waals surface area contributed by atoms with E-state index in [-0.39, 0.29) is 31.0 Å². The van der Waals surface area contributed by atoms with Gasteiger partial charge in [0.1, 0.15) is 0 Å². The summed E-state index contributed by atoms with van der Waals surface area (Å²) in [5, 5.41) is 0. The smallest absolute Gasteiger partial charge is 1.00 e. The molecule has 74 valence electrons. The topological polar surface area (TPSA) is 57.6 Å². The van der Waals surface area contributed by atoms with Crippen LogP contribution in [0.2, 0.25) is 0 Å². The van der Waals surface area contributed by atoms with E-state index in [0.29, 0.717) is 13.1 Å². The molecule has 1 aliphatic rings. The van der Waals surface area contributed by atoms with Gasteiger partial charge in [0.15, 0.2) is 0 Å². The number of hydrogen-bond donors (Lipinski definition) is 1. The van der Waals surface area contributed by atoms with Crippen molar-refractivity contribution in [2.24, 2.45) is 0 Å². The van der Waals surface area contributed by atoms with Gasteiger partial charge in [-0.3, -0.25) is 4.55 Å². The molecular formula is C7H16NNaO3S. The number of hydrogen-bond acceptors (Lipinski definition) is 2. The fraction of sp³-hybridized carbons (Fsp3) is 1.00. The summed E-state index contributed by atoms with van der Waals surface area (Å²) in [5.74, 6) is 0. The largest absolute Gasteiger partial charge is 1.00 e. The van der Waals surface area contributed by atoms with E-state index in [9.17, 15) is 8.42 Å². The average molecular weight is 217 g/mol. The first-order valence-electron chi connectivity index (χ1n) is 4.33. The minimum Gasteiger partial charge on any atom is -1.00 e. The van der Waals surface area contributed by atoms with Gasteiger partial charge in [0, 0.05) is 13.1 Å². The Morgan fingerprint density at radius 3 is 1.77 bits per heavy atom. The van der Waals surface area contributed by atoms with Crippen LogP contribution in [0.5, 0.6) is 0 Å². The van der Waals surface area contributed by atoms with Crippen LogP contribution in [-0.4, -0.2) is 30.4 Å². The van der Waals surface area contributed by atoms with Crippen LogP contribution in [0.1, 0.15) is 33.5 Å². The number of rotatable bonds is 1. The Kier molecular flexibility index (Phi) is 6.80. The minimum absolute atomic E-state index is 0. The molecule has 1 saturated heterocycles. The van der Waals surface area contributed by atoms with Gasteiger partial charge in [-0.15, -0.1) is 0 Å². The first kappa shape index (κ1) is 13.9. The molecule has 13 heavy (non-hydrogen) atoms. The Balaban J connectivity index is 0. The summed E-state index contributed by atoms with van der Waals surface area (Å²) in [5.41, 5.74) is 0. The normalized spacial score (nSPS) is 21.3. The molecule has 6 heteroatoms. The fourth-order valence-electron chi connectivity index (χ4n) is 1.45. The summed E-state index contributed by atoms with van der Waals surface area (Å²) in [7, 11) is -3.93. The van der Waals surface area contributed by atoms with E-state index < -0.39 is 10.3 Å². The van der Waals surface area contributed by atoms with Crippen molar-refractivity contribution >= 4 is 10.3 Å². The van der Waals surface area contributed by atoms with Gasteiger partial charge >= 0.3 is 39.9 Å². The molecular weight excluding hydrogens is 201 g/mol. The van der Waals surface area contributed by atoms with Gasteiger partial charge in [0.05, 0.1) is 0 Å². The van der Waals surface area contributed by atoms with E-state index in [1.807, 2.05) is 0 Å². The zero-order valence-corrected chi connectivity index (χ0v) is 10.9. The second kappa shape index (κ2) is 6.37. The molecule has 1 rings (SSSR count). The van der Waals surface area contributed by atoms with Crippen molar-refractivity contribution < 1.29 is 44.0 Å². The van der Waals surface area contributed by atoms with E-state index >= 15 is 0 Å². The molecule has 4 nitrogen and oxygen atoms in total. The third-order valence-electron chi connectivity index (χ3n) is 2.14. The minimum atomic E-state index is -3.93. The van der Waals surface area contributed by atoms with Crippen LogP contribution in [0.15, 0.2) is 0 Å². The molecule has 0 atom stereocenters. The van der Waals surface area contributed by atoms with Crippen molar-refractivity contribution in [3.05, 3.63) is 0 Å². The van der Waals surface area contributed by atoms with Crippen LogP contribution in [0.4, 0.5) is 0 Å². The zero-order valence-electron chi connectivity index (χ0n) is 9.07. The third-order valence-corrected chi connectivity index (χ3v) is 3.16. The third kappa shape index (κ3) is 5.34. The second-order valence-corrected chi connectivity index (χ2v) is 4.56. The Hall–Kier alpha value is 0.870. The summed E-state index contributed by atoms with van der Waals surface area (Å²) in [6.07, 6.45) is 5.02. The fourth-order valence-corrected chi connectivity index (χ4v) is 2.17. The van der Waals surface area contributed by atoms with Crippen LogP contribution in [0.25, 0.3) is 0 Å². The van der Waals surface area contributed by atoms with Crippen LogP contribution in [0.3, 0.4) is 0 Å². The van der Waals surface area contributed by atoms with E-state index in [4.69, 9.17) is 4.55 Å². The maximum absolute atomic E-state index is 10.7. The summed E-state index contributed by atoms with van der Waals surface area (Å²) in [6, 6.07) is 0. The molecule has 1 aliphatic heterocycles. The van der Waals surface area contributed by atoms with E-state index in [1.54, 1.807) is 0 Å². The number of nitrogens with zero attached hydrogens (tertiary/aromatic N) is 1. The second-order valence-electron chi connectivity index (χ2n) is 3.14. The molecule has 1 fully saturated rings. The summed E-state index contributed by atoms with van der Waals surface area (Å²) in [4.78, 5) is 0. The van der Waals surface area contributed by atoms with Gasteiger partial charge < -0.3 is 1.43 Å². The standard InChI is InChI=1S/C7H15NO3S.Na.H/c9-12(10,11)8-6-4-2-1-3-5-7-8;;/h1-7H2,(H,9,10,11);;/q;+1;-1. The van der Waals surface area contributed by atoms with E-state index in [2.05, 4.69) is 0 Å². The molecule has 0 spiro atoms.